The van der Waals surface area contributed by atoms with Crippen LogP contribution in [0.1, 0.15) is 11.1 Å². The Kier molecular flexibility index (Phi) is 14.6. The minimum atomic E-state index is -8.90. The molecule has 0 N–H and O–H groups in total. The van der Waals surface area contributed by atoms with E-state index in [1.807, 2.05) is 0 Å². The molecule has 0 spiro atoms. The van der Waals surface area contributed by atoms with Gasteiger partial charge in [-0.15, -0.1) is 34.0 Å². The number of hydrogen-bond acceptors (Lipinski definition) is 3. The predicted molar refractivity (Wildman–Crippen MR) is 170 cm³/mol. The van der Waals surface area contributed by atoms with Crippen LogP contribution in [0.5, 0.6) is 0 Å². The molecule has 3 aromatic rings. The fourth-order valence-electron chi connectivity index (χ4n) is 4.83. The van der Waals surface area contributed by atoms with Crippen LogP contribution in [0.25, 0.3) is 31.7 Å². The lowest BCUT2D eigenvalue weighted by Crippen LogP contribution is -2.74. The summed E-state index contributed by atoms with van der Waals surface area (Å²) in [6.45, 7) is 0. The maximum Gasteiger partial charge on any atom is 0.460 e. The SMILES string of the molecule is FC(F)(F)C(F)(F)C(F)(F)C(F)(F)C(F)(F)C(F)(F)C(F)(F)C(F)(F)/C=C/c1ccsc1-c1ccc(-c2sccc2/C=C/C(F)(F)C(F)(F)C(F)(F)C(F)(F)C(F)(F)C(F)(F)C(F)(F)C(F)(F)F)s1. The van der Waals surface area contributed by atoms with Crippen molar-refractivity contribution in [2.75, 3.05) is 0 Å². The van der Waals surface area contributed by atoms with Crippen molar-refractivity contribution in [1.29, 1.82) is 0 Å². The van der Waals surface area contributed by atoms with E-state index in [0.29, 0.717) is 34.8 Å². The molecule has 0 saturated carbocycles. The summed E-state index contributed by atoms with van der Waals surface area (Å²) in [6, 6.07) is 2.73. The van der Waals surface area contributed by atoms with Gasteiger partial charge in [0.05, 0.1) is 9.75 Å². The van der Waals surface area contributed by atoms with Gasteiger partial charge < -0.3 is 0 Å². The molecule has 0 saturated heterocycles. The Labute approximate surface area is 368 Å². The molecule has 0 bridgehead atoms. The number of rotatable bonds is 18. The lowest BCUT2D eigenvalue weighted by Gasteiger charge is -2.42. The molecular weight excluding hydrogens is 1130 g/mol. The average molecular weight is 1140 g/mol. The number of alkyl halides is 34. The summed E-state index contributed by atoms with van der Waals surface area (Å²) in [5.41, 5.74) is -1.87. The fourth-order valence-corrected chi connectivity index (χ4v) is 7.92. The molecule has 3 heterocycles. The van der Waals surface area contributed by atoms with E-state index < -0.39 is 150 Å². The van der Waals surface area contributed by atoms with E-state index in [4.69, 9.17) is 0 Å². The lowest BCUT2D eigenvalue weighted by atomic mass is 9.89. The van der Waals surface area contributed by atoms with Crippen LogP contribution in [0.2, 0.25) is 0 Å². The highest BCUT2D eigenvalue weighted by molar-refractivity contribution is 7.26. The van der Waals surface area contributed by atoms with E-state index in [2.05, 4.69) is 0 Å². The highest BCUT2D eigenvalue weighted by atomic mass is 32.1. The van der Waals surface area contributed by atoms with Crippen LogP contribution in [-0.4, -0.2) is 95.3 Å². The molecule has 394 valence electrons. The van der Waals surface area contributed by atoms with Crippen LogP contribution in [0.4, 0.5) is 149 Å². The molecule has 0 atom stereocenters. The second kappa shape index (κ2) is 16.9. The molecule has 0 aliphatic rings. The summed E-state index contributed by atoms with van der Waals surface area (Å²) in [7, 11) is 0. The minimum Gasteiger partial charge on any atom is -0.195 e. The van der Waals surface area contributed by atoms with Gasteiger partial charge in [-0.2, -0.15) is 149 Å². The number of halogens is 34. The van der Waals surface area contributed by atoms with E-state index in [-0.39, 0.29) is 11.3 Å². The molecule has 3 aromatic heterocycles. The van der Waals surface area contributed by atoms with Crippen LogP contribution >= 0.6 is 34.0 Å². The standard InChI is InChI=1S/C32H10F34S3/c33-17(34,19(37,38)21(41,42)23(45,46)25(49,50)27(53,54)29(57,58)31(61,62)63)7-3-11-5-9-67-15(11)13-1-2-14(69-13)16-12(6-10-68-16)4-8-18(35,36)20(39,40)22(43,44)24(47,48)26(51,52)28(55,56)30(59,60)32(64,65)66/h1-10H/b7-3+,8-4+. The van der Waals surface area contributed by atoms with Crippen molar-refractivity contribution in [1.82, 2.24) is 0 Å². The van der Waals surface area contributed by atoms with E-state index in [9.17, 15) is 149 Å². The van der Waals surface area contributed by atoms with Gasteiger partial charge in [-0.05, 0) is 58.3 Å². The Morgan fingerprint density at radius 1 is 0.275 bits per heavy atom. The van der Waals surface area contributed by atoms with Gasteiger partial charge in [-0.1, -0.05) is 12.2 Å². The van der Waals surface area contributed by atoms with Crippen molar-refractivity contribution in [3.8, 4) is 19.5 Å². The van der Waals surface area contributed by atoms with Gasteiger partial charge in [0.1, 0.15) is 0 Å². The summed E-state index contributed by atoms with van der Waals surface area (Å²) in [5.74, 6) is -117. The third-order valence-electron chi connectivity index (χ3n) is 8.88. The summed E-state index contributed by atoms with van der Waals surface area (Å²) >= 11 is 0.863. The maximum absolute atomic E-state index is 14.5. The third-order valence-corrected chi connectivity index (χ3v) is 12.2. The Morgan fingerprint density at radius 2 is 0.493 bits per heavy atom. The highest BCUT2D eigenvalue weighted by Crippen LogP contribution is 2.66. The Morgan fingerprint density at radius 3 is 0.725 bits per heavy atom. The molecule has 0 radical (unpaired) electrons. The van der Waals surface area contributed by atoms with Gasteiger partial charge >= 0.3 is 95.3 Å². The summed E-state index contributed by atoms with van der Waals surface area (Å²) in [4.78, 5) is -1.93. The van der Waals surface area contributed by atoms with E-state index in [1.54, 1.807) is 0 Å². The number of allylic oxidation sites excluding steroid dienone is 2. The topological polar surface area (TPSA) is 0 Å². The van der Waals surface area contributed by atoms with Crippen LogP contribution in [0, 0.1) is 0 Å². The molecule has 0 unspecified atom stereocenters. The number of hydrogen-bond donors (Lipinski definition) is 0. The largest absolute Gasteiger partial charge is 0.460 e. The molecule has 69 heavy (non-hydrogen) atoms. The van der Waals surface area contributed by atoms with Crippen molar-refractivity contribution < 1.29 is 149 Å². The fraction of sp³-hybridized carbons (Fsp3) is 0.500. The van der Waals surface area contributed by atoms with Crippen LogP contribution in [0.15, 0.2) is 47.2 Å². The zero-order valence-electron chi connectivity index (χ0n) is 30.8. The summed E-state index contributed by atoms with van der Waals surface area (Å²) < 4.78 is 463. The first-order valence-corrected chi connectivity index (χ1v) is 18.8. The first kappa shape index (κ1) is 59.5. The second-order valence-corrected chi connectivity index (χ2v) is 16.3. The van der Waals surface area contributed by atoms with Crippen molar-refractivity contribution in [2.24, 2.45) is 0 Å². The Hall–Kier alpha value is -3.80. The zero-order chi connectivity index (χ0) is 54.7. The average Bonchev–Trinajstić information content (AvgIpc) is 3.95. The monoisotopic (exact) mass is 1140 g/mol. The Bertz CT molecular complexity index is 2200. The molecule has 0 fully saturated rings. The van der Waals surface area contributed by atoms with E-state index >= 15 is 0 Å². The third kappa shape index (κ3) is 8.47. The van der Waals surface area contributed by atoms with E-state index in [1.165, 1.54) is 0 Å². The summed E-state index contributed by atoms with van der Waals surface area (Å²) in [6.07, 6.45) is -19.8. The predicted octanol–water partition coefficient (Wildman–Crippen LogP) is 17.3. The maximum atomic E-state index is 14.5. The van der Waals surface area contributed by atoms with Gasteiger partial charge in [-0.25, -0.2) is 0 Å². The van der Waals surface area contributed by atoms with Gasteiger partial charge in [0.25, 0.3) is 0 Å². The van der Waals surface area contributed by atoms with Crippen molar-refractivity contribution >= 4 is 46.2 Å². The van der Waals surface area contributed by atoms with Crippen LogP contribution in [0.3, 0.4) is 0 Å². The molecule has 0 aliphatic carbocycles. The normalized spacial score (nSPS) is 16.1. The van der Waals surface area contributed by atoms with Crippen LogP contribution < -0.4 is 0 Å². The molecule has 37 heteroatoms. The molecule has 0 aliphatic heterocycles. The van der Waals surface area contributed by atoms with Crippen molar-refractivity contribution in [2.45, 2.75) is 95.3 Å². The lowest BCUT2D eigenvalue weighted by molar-refractivity contribution is -0.459. The molecule has 3 rings (SSSR count). The van der Waals surface area contributed by atoms with Gasteiger partial charge in [0.2, 0.25) is 0 Å². The quantitative estimate of drug-likeness (QED) is 0.111. The minimum absolute atomic E-state index is 0.239. The second-order valence-electron chi connectivity index (χ2n) is 13.4. The summed E-state index contributed by atoms with van der Waals surface area (Å²) in [5, 5.41) is 1.58. The first-order valence-electron chi connectivity index (χ1n) is 16.2. The molecular formula is C32H10F34S3. The van der Waals surface area contributed by atoms with Crippen LogP contribution in [-0.2, 0) is 0 Å². The first-order chi connectivity index (χ1) is 30.1. The smallest absolute Gasteiger partial charge is 0.195 e. The van der Waals surface area contributed by atoms with Crippen molar-refractivity contribution in [3.63, 3.8) is 0 Å². The van der Waals surface area contributed by atoms with Gasteiger partial charge in [0.15, 0.2) is 0 Å². The van der Waals surface area contributed by atoms with Gasteiger partial charge in [0, 0.05) is 9.75 Å². The number of thiophene rings is 3. The highest BCUT2D eigenvalue weighted by Gasteiger charge is 2.96. The molecule has 0 nitrogen and oxygen atoms in total. The Balaban J connectivity index is 1.99. The van der Waals surface area contributed by atoms with E-state index in [0.717, 1.165) is 22.9 Å². The molecule has 0 aromatic carbocycles. The molecule has 0 amide bonds. The van der Waals surface area contributed by atoms with Crippen molar-refractivity contribution in [3.05, 3.63) is 58.3 Å². The zero-order valence-corrected chi connectivity index (χ0v) is 33.3. The van der Waals surface area contributed by atoms with Gasteiger partial charge in [-0.3, -0.25) is 0 Å².